The van der Waals surface area contributed by atoms with Crippen LogP contribution in [0, 0.1) is 13.8 Å². The Morgan fingerprint density at radius 2 is 1.30 bits per heavy atom. The maximum Gasteiger partial charge on any atom is 0.269 e. The fourth-order valence-corrected chi connectivity index (χ4v) is 4.90. The molecule has 1 atom stereocenters. The van der Waals surface area contributed by atoms with Gasteiger partial charge < -0.3 is 10.2 Å². The minimum atomic E-state index is -2.00. The number of amides is 1. The normalized spacial score (nSPS) is 17.5. The third-order valence-electron chi connectivity index (χ3n) is 6.41. The molecular weight excluding hydrogens is 410 g/mol. The molecule has 0 spiro atoms. The highest BCUT2D eigenvalue weighted by Gasteiger charge is 2.54. The first-order chi connectivity index (χ1) is 15.9. The molecule has 0 radical (unpaired) electrons. The van der Waals surface area contributed by atoms with Gasteiger partial charge in [0.25, 0.3) is 5.91 Å². The monoisotopic (exact) mass is 435 g/mol. The number of anilines is 1. The van der Waals surface area contributed by atoms with Gasteiger partial charge in [-0.1, -0.05) is 90.5 Å². The average Bonchev–Trinajstić information content (AvgIpc) is 3.06. The van der Waals surface area contributed by atoms with Crippen molar-refractivity contribution in [3.63, 3.8) is 0 Å². The summed E-state index contributed by atoms with van der Waals surface area (Å²) in [6.07, 6.45) is 0. The molecule has 4 aromatic carbocycles. The van der Waals surface area contributed by atoms with Gasteiger partial charge in [0.1, 0.15) is 5.75 Å². The van der Waals surface area contributed by atoms with E-state index in [4.69, 9.17) is 0 Å². The first kappa shape index (κ1) is 21.0. The van der Waals surface area contributed by atoms with Gasteiger partial charge in [-0.15, -0.1) is 0 Å². The highest BCUT2D eigenvalue weighted by molar-refractivity contribution is 6.10. The second-order valence-corrected chi connectivity index (χ2v) is 8.60. The number of para-hydroxylation sites is 1. The number of rotatable bonds is 4. The molecule has 0 bridgehead atoms. The molecule has 4 nitrogen and oxygen atoms in total. The number of carbonyl (C=O) groups is 1. The summed E-state index contributed by atoms with van der Waals surface area (Å²) >= 11 is 0. The van der Waals surface area contributed by atoms with Crippen molar-refractivity contribution >= 4 is 11.6 Å². The Labute approximate surface area is 193 Å². The Morgan fingerprint density at radius 1 is 0.758 bits per heavy atom. The number of phenolic OH excluding ortho intramolecular Hbond substituents is 1. The average molecular weight is 436 g/mol. The number of benzene rings is 4. The molecular formula is C29H25NO3. The first-order valence-electron chi connectivity index (χ1n) is 11.0. The molecule has 1 aliphatic heterocycles. The van der Waals surface area contributed by atoms with Crippen molar-refractivity contribution in [2.75, 3.05) is 4.90 Å². The van der Waals surface area contributed by atoms with Crippen LogP contribution in [0.3, 0.4) is 0 Å². The summed E-state index contributed by atoms with van der Waals surface area (Å²) in [5.41, 5.74) is 2.64. The summed E-state index contributed by atoms with van der Waals surface area (Å²) in [6.45, 7) is 3.66. The van der Waals surface area contributed by atoms with Crippen LogP contribution in [0.5, 0.6) is 5.75 Å². The zero-order chi connectivity index (χ0) is 23.2. The quantitative estimate of drug-likeness (QED) is 0.452. The van der Waals surface area contributed by atoms with Crippen molar-refractivity contribution in [2.24, 2.45) is 0 Å². The van der Waals surface area contributed by atoms with Crippen LogP contribution in [0.15, 0.2) is 97.1 Å². The Kier molecular flexibility index (Phi) is 5.03. The van der Waals surface area contributed by atoms with Crippen LogP contribution < -0.4 is 4.90 Å². The third kappa shape index (κ3) is 3.22. The predicted octanol–water partition coefficient (Wildman–Crippen LogP) is 5.38. The van der Waals surface area contributed by atoms with Crippen molar-refractivity contribution < 1.29 is 15.0 Å². The van der Waals surface area contributed by atoms with E-state index in [0.717, 1.165) is 16.7 Å². The van der Waals surface area contributed by atoms with E-state index in [2.05, 4.69) is 0 Å². The van der Waals surface area contributed by atoms with Crippen molar-refractivity contribution in [3.05, 3.63) is 130 Å². The van der Waals surface area contributed by atoms with E-state index in [1.54, 1.807) is 30.0 Å². The summed E-state index contributed by atoms with van der Waals surface area (Å²) in [5.74, 6) is -0.550. The highest BCUT2D eigenvalue weighted by atomic mass is 16.3. The van der Waals surface area contributed by atoms with Gasteiger partial charge in [-0.25, -0.2) is 0 Å². The van der Waals surface area contributed by atoms with Gasteiger partial charge in [0.2, 0.25) is 0 Å². The van der Waals surface area contributed by atoms with E-state index in [-0.39, 0.29) is 11.3 Å². The van der Waals surface area contributed by atoms with Crippen LogP contribution in [0.4, 0.5) is 5.69 Å². The van der Waals surface area contributed by atoms with E-state index in [9.17, 15) is 15.0 Å². The molecule has 33 heavy (non-hydrogen) atoms. The van der Waals surface area contributed by atoms with Crippen LogP contribution in [0.2, 0.25) is 0 Å². The second-order valence-electron chi connectivity index (χ2n) is 8.60. The molecule has 1 heterocycles. The van der Waals surface area contributed by atoms with Crippen molar-refractivity contribution in [3.8, 4) is 5.75 Å². The number of fused-ring (bicyclic) bond motifs is 1. The molecule has 0 fully saturated rings. The number of aryl methyl sites for hydroxylation is 2. The summed E-state index contributed by atoms with van der Waals surface area (Å²) in [4.78, 5) is 15.9. The number of aliphatic hydroxyl groups is 1. The van der Waals surface area contributed by atoms with Gasteiger partial charge in [0.05, 0.1) is 11.7 Å². The number of hydrogen-bond donors (Lipinski definition) is 2. The topological polar surface area (TPSA) is 60.8 Å². The molecule has 4 aromatic rings. The van der Waals surface area contributed by atoms with Crippen LogP contribution in [0.1, 0.15) is 39.4 Å². The van der Waals surface area contributed by atoms with Crippen molar-refractivity contribution in [2.45, 2.75) is 25.5 Å². The smallest absolute Gasteiger partial charge is 0.269 e. The zero-order valence-electron chi connectivity index (χ0n) is 18.6. The molecule has 0 saturated carbocycles. The number of hydrogen-bond acceptors (Lipinski definition) is 3. The lowest BCUT2D eigenvalue weighted by atomic mass is 9.85. The first-order valence-corrected chi connectivity index (χ1v) is 11.0. The molecule has 0 aliphatic carbocycles. The molecule has 1 unspecified atom stereocenters. The van der Waals surface area contributed by atoms with Gasteiger partial charge >= 0.3 is 0 Å². The lowest BCUT2D eigenvalue weighted by Crippen LogP contribution is -2.43. The molecule has 0 saturated heterocycles. The zero-order valence-corrected chi connectivity index (χ0v) is 18.6. The summed E-state index contributed by atoms with van der Waals surface area (Å²) in [7, 11) is 0. The molecule has 2 N–H and O–H groups in total. The lowest BCUT2D eigenvalue weighted by molar-refractivity contribution is -0.132. The molecule has 4 heteroatoms. The lowest BCUT2D eigenvalue weighted by Gasteiger charge is -2.31. The van der Waals surface area contributed by atoms with Gasteiger partial charge in [0.15, 0.2) is 5.60 Å². The molecule has 5 rings (SSSR count). The van der Waals surface area contributed by atoms with Crippen LogP contribution in [-0.2, 0) is 10.4 Å². The van der Waals surface area contributed by atoms with E-state index >= 15 is 0 Å². The Hall–Kier alpha value is -3.89. The summed E-state index contributed by atoms with van der Waals surface area (Å²) in [5, 5.41) is 23.0. The molecule has 1 amide bonds. The predicted molar refractivity (Wildman–Crippen MR) is 129 cm³/mol. The van der Waals surface area contributed by atoms with E-state index in [1.807, 2.05) is 85.8 Å². The van der Waals surface area contributed by atoms with Crippen LogP contribution in [0.25, 0.3) is 0 Å². The molecule has 164 valence electrons. The minimum absolute atomic E-state index is 0.0657. The highest BCUT2D eigenvalue weighted by Crippen LogP contribution is 2.51. The number of nitrogens with zero attached hydrogens (tertiary/aromatic N) is 1. The van der Waals surface area contributed by atoms with Crippen LogP contribution in [-0.4, -0.2) is 16.1 Å². The van der Waals surface area contributed by atoms with Crippen LogP contribution >= 0.6 is 0 Å². The Balaban J connectivity index is 1.77. The van der Waals surface area contributed by atoms with E-state index in [0.29, 0.717) is 16.8 Å². The van der Waals surface area contributed by atoms with Crippen molar-refractivity contribution in [1.82, 2.24) is 0 Å². The van der Waals surface area contributed by atoms with E-state index in [1.165, 1.54) is 0 Å². The summed E-state index contributed by atoms with van der Waals surface area (Å²) in [6, 6.07) is 30.0. The van der Waals surface area contributed by atoms with E-state index < -0.39 is 17.6 Å². The Morgan fingerprint density at radius 3 is 1.91 bits per heavy atom. The fraction of sp³-hybridized carbons (Fsp3) is 0.138. The number of carbonyl (C=O) groups excluding carboxylic acids is 1. The SMILES string of the molecule is Cc1cc(C)c(O)c(C2(O)C(=O)N(C(c3ccccc3)c3ccccc3)c3ccccc32)c1. The minimum Gasteiger partial charge on any atom is -0.507 e. The standard InChI is InChI=1S/C29H25NO3/c1-19-17-20(2)27(31)24(18-19)29(33)23-15-9-10-16-25(23)30(28(29)32)26(21-11-5-3-6-12-21)22-13-7-4-8-14-22/h3-18,26,31,33H,1-2H3. The van der Waals surface area contributed by atoms with Gasteiger partial charge in [-0.2, -0.15) is 0 Å². The van der Waals surface area contributed by atoms with Gasteiger partial charge in [0, 0.05) is 11.1 Å². The maximum atomic E-state index is 14.2. The van der Waals surface area contributed by atoms with Crippen molar-refractivity contribution in [1.29, 1.82) is 0 Å². The number of phenols is 1. The molecule has 0 aromatic heterocycles. The van der Waals surface area contributed by atoms with Gasteiger partial charge in [-0.05, 0) is 42.7 Å². The maximum absolute atomic E-state index is 14.2. The number of aromatic hydroxyl groups is 1. The largest absolute Gasteiger partial charge is 0.507 e. The fourth-order valence-electron chi connectivity index (χ4n) is 4.90. The summed E-state index contributed by atoms with van der Waals surface area (Å²) < 4.78 is 0. The molecule has 1 aliphatic rings. The van der Waals surface area contributed by atoms with Gasteiger partial charge in [-0.3, -0.25) is 9.69 Å². The third-order valence-corrected chi connectivity index (χ3v) is 6.41. The second kappa shape index (κ2) is 7.91. The Bertz CT molecular complexity index is 1290.